The molecule has 20 heavy (non-hydrogen) atoms. The Balaban J connectivity index is 2.20. The van der Waals surface area contributed by atoms with Crippen LogP contribution in [0.3, 0.4) is 0 Å². The van der Waals surface area contributed by atoms with Gasteiger partial charge in [0.15, 0.2) is 0 Å². The average Bonchev–Trinajstić information content (AvgIpc) is 2.43. The number of aliphatic carboxylic acids is 1. The third-order valence-electron chi connectivity index (χ3n) is 4.10. The molecule has 0 aromatic carbocycles. The normalized spacial score (nSPS) is 21.2. The lowest BCUT2D eigenvalue weighted by Crippen LogP contribution is -2.46. The van der Waals surface area contributed by atoms with Crippen molar-refractivity contribution in [3.8, 4) is 0 Å². The molecule has 2 amide bonds. The number of carbonyl (C=O) groups is 2. The number of hydrogen-bond donors (Lipinski definition) is 2. The number of likely N-dealkylation sites (N-methyl/N-ethyl adjacent to an activating group) is 1. The van der Waals surface area contributed by atoms with Gasteiger partial charge in [0, 0.05) is 26.2 Å². The maximum atomic E-state index is 11.7. The van der Waals surface area contributed by atoms with Crippen LogP contribution in [0.4, 0.5) is 4.79 Å². The molecule has 2 unspecified atom stereocenters. The summed E-state index contributed by atoms with van der Waals surface area (Å²) in [5.41, 5.74) is 0. The number of nitrogens with zero attached hydrogens (tertiary/aromatic N) is 2. The molecule has 2 atom stereocenters. The minimum atomic E-state index is -0.996. The first-order valence-electron chi connectivity index (χ1n) is 7.41. The molecule has 0 radical (unpaired) electrons. The van der Waals surface area contributed by atoms with Crippen LogP contribution >= 0.6 is 0 Å². The molecular formula is C14H27N3O3. The lowest BCUT2D eigenvalue weighted by Gasteiger charge is -2.33. The number of likely N-dealkylation sites (tertiary alicyclic amines) is 1. The van der Waals surface area contributed by atoms with E-state index in [0.29, 0.717) is 12.6 Å². The van der Waals surface area contributed by atoms with E-state index in [-0.39, 0.29) is 6.03 Å². The molecule has 0 aromatic heterocycles. The van der Waals surface area contributed by atoms with E-state index in [1.165, 1.54) is 38.1 Å². The Morgan fingerprint density at radius 1 is 1.45 bits per heavy atom. The van der Waals surface area contributed by atoms with E-state index in [9.17, 15) is 9.59 Å². The Bertz CT molecular complexity index is 336. The third kappa shape index (κ3) is 5.00. The Kier molecular flexibility index (Phi) is 6.78. The lowest BCUT2D eigenvalue weighted by molar-refractivity contribution is -0.141. The van der Waals surface area contributed by atoms with Crippen molar-refractivity contribution in [3.63, 3.8) is 0 Å². The summed E-state index contributed by atoms with van der Waals surface area (Å²) in [5, 5.41) is 11.6. The number of nitrogens with one attached hydrogen (secondary N) is 1. The van der Waals surface area contributed by atoms with E-state index in [0.717, 1.165) is 19.5 Å². The van der Waals surface area contributed by atoms with E-state index in [4.69, 9.17) is 5.11 Å². The monoisotopic (exact) mass is 285 g/mol. The van der Waals surface area contributed by atoms with Crippen molar-refractivity contribution in [2.45, 2.75) is 51.6 Å². The second-order valence-corrected chi connectivity index (χ2v) is 5.59. The number of rotatable bonds is 6. The molecule has 6 nitrogen and oxygen atoms in total. The molecule has 0 bridgehead atoms. The summed E-state index contributed by atoms with van der Waals surface area (Å²) in [6.45, 7) is 6.46. The molecule has 1 aliphatic rings. The Labute approximate surface area is 121 Å². The van der Waals surface area contributed by atoms with Crippen LogP contribution in [0.1, 0.15) is 39.5 Å². The molecule has 2 N–H and O–H groups in total. The zero-order chi connectivity index (χ0) is 15.1. The molecule has 0 saturated carbocycles. The molecule has 116 valence electrons. The predicted octanol–water partition coefficient (Wildman–Crippen LogP) is 1.37. The quantitative estimate of drug-likeness (QED) is 0.723. The first-order valence-corrected chi connectivity index (χ1v) is 7.41. The number of hydrogen-bond acceptors (Lipinski definition) is 3. The first kappa shape index (κ1) is 16.8. The Hall–Kier alpha value is -1.30. The van der Waals surface area contributed by atoms with E-state index in [1.807, 2.05) is 0 Å². The molecule has 0 aromatic rings. The highest BCUT2D eigenvalue weighted by Gasteiger charge is 2.21. The molecule has 1 rings (SSSR count). The highest BCUT2D eigenvalue weighted by Crippen LogP contribution is 2.16. The van der Waals surface area contributed by atoms with Gasteiger partial charge in [0.25, 0.3) is 0 Å². The summed E-state index contributed by atoms with van der Waals surface area (Å²) in [5.74, 6) is -0.996. The van der Waals surface area contributed by atoms with Crippen LogP contribution in [0.15, 0.2) is 0 Å². The fourth-order valence-corrected chi connectivity index (χ4v) is 2.43. The summed E-state index contributed by atoms with van der Waals surface area (Å²) in [6, 6.07) is -0.502. The maximum Gasteiger partial charge on any atom is 0.326 e. The topological polar surface area (TPSA) is 72.9 Å². The van der Waals surface area contributed by atoms with Gasteiger partial charge in [-0.05, 0) is 39.7 Å². The van der Waals surface area contributed by atoms with E-state index < -0.39 is 12.0 Å². The molecule has 1 aliphatic heterocycles. The zero-order valence-corrected chi connectivity index (χ0v) is 12.8. The summed E-state index contributed by atoms with van der Waals surface area (Å²) in [6.07, 6.45) is 4.72. The van der Waals surface area contributed by atoms with E-state index in [1.54, 1.807) is 0 Å². The van der Waals surface area contributed by atoms with Crippen LogP contribution in [-0.2, 0) is 4.79 Å². The Morgan fingerprint density at radius 3 is 2.75 bits per heavy atom. The van der Waals surface area contributed by atoms with Gasteiger partial charge in [-0.1, -0.05) is 6.42 Å². The van der Waals surface area contributed by atoms with Crippen molar-refractivity contribution >= 4 is 12.0 Å². The van der Waals surface area contributed by atoms with Crippen molar-refractivity contribution in [1.29, 1.82) is 0 Å². The Morgan fingerprint density at radius 2 is 2.15 bits per heavy atom. The van der Waals surface area contributed by atoms with Gasteiger partial charge in [-0.3, -0.25) is 0 Å². The number of piperidine rings is 1. The van der Waals surface area contributed by atoms with Crippen LogP contribution in [0, 0.1) is 0 Å². The van der Waals surface area contributed by atoms with Gasteiger partial charge in [-0.15, -0.1) is 0 Å². The SMILES string of the molecule is CC1CCCCN1CCCNC(=O)N(C)C(C)C(=O)O. The van der Waals surface area contributed by atoms with Gasteiger partial charge in [-0.2, -0.15) is 0 Å². The highest BCUT2D eigenvalue weighted by atomic mass is 16.4. The maximum absolute atomic E-state index is 11.7. The van der Waals surface area contributed by atoms with Crippen LogP contribution in [0.5, 0.6) is 0 Å². The molecule has 0 aliphatic carbocycles. The largest absolute Gasteiger partial charge is 0.480 e. The van der Waals surface area contributed by atoms with Gasteiger partial charge in [0.1, 0.15) is 6.04 Å². The predicted molar refractivity (Wildman–Crippen MR) is 77.8 cm³/mol. The minimum absolute atomic E-state index is 0.327. The molecule has 6 heteroatoms. The summed E-state index contributed by atoms with van der Waals surface area (Å²) < 4.78 is 0. The van der Waals surface area contributed by atoms with Gasteiger partial charge in [0.05, 0.1) is 0 Å². The van der Waals surface area contributed by atoms with Gasteiger partial charge >= 0.3 is 12.0 Å². The number of carboxylic acids is 1. The number of urea groups is 1. The summed E-state index contributed by atoms with van der Waals surface area (Å²) in [4.78, 5) is 26.2. The van der Waals surface area contributed by atoms with Crippen molar-refractivity contribution in [1.82, 2.24) is 15.1 Å². The minimum Gasteiger partial charge on any atom is -0.480 e. The number of carbonyl (C=O) groups excluding carboxylic acids is 1. The molecule has 1 fully saturated rings. The molecule has 1 heterocycles. The van der Waals surface area contributed by atoms with Crippen molar-refractivity contribution in [3.05, 3.63) is 0 Å². The van der Waals surface area contributed by atoms with Crippen LogP contribution in [-0.4, -0.2) is 65.7 Å². The number of carboxylic acid groups (broad SMARTS) is 1. The van der Waals surface area contributed by atoms with E-state index >= 15 is 0 Å². The van der Waals surface area contributed by atoms with Crippen molar-refractivity contribution < 1.29 is 14.7 Å². The average molecular weight is 285 g/mol. The third-order valence-corrected chi connectivity index (χ3v) is 4.10. The summed E-state index contributed by atoms with van der Waals surface area (Å²) in [7, 11) is 1.50. The van der Waals surface area contributed by atoms with Crippen LogP contribution < -0.4 is 5.32 Å². The number of amides is 2. The van der Waals surface area contributed by atoms with Crippen LogP contribution in [0.2, 0.25) is 0 Å². The fourth-order valence-electron chi connectivity index (χ4n) is 2.43. The van der Waals surface area contributed by atoms with Crippen molar-refractivity contribution in [2.75, 3.05) is 26.7 Å². The smallest absolute Gasteiger partial charge is 0.326 e. The van der Waals surface area contributed by atoms with E-state index in [2.05, 4.69) is 17.1 Å². The molecular weight excluding hydrogens is 258 g/mol. The van der Waals surface area contributed by atoms with Gasteiger partial charge in [0.2, 0.25) is 0 Å². The van der Waals surface area contributed by atoms with Crippen molar-refractivity contribution in [2.24, 2.45) is 0 Å². The fraction of sp³-hybridized carbons (Fsp3) is 0.857. The standard InChI is InChI=1S/C14H27N3O3/c1-11-7-4-5-9-17(11)10-6-8-15-14(20)16(3)12(2)13(18)19/h11-12H,4-10H2,1-3H3,(H,15,20)(H,18,19). The zero-order valence-electron chi connectivity index (χ0n) is 12.8. The first-order chi connectivity index (χ1) is 9.43. The lowest BCUT2D eigenvalue weighted by atomic mass is 10.0. The second-order valence-electron chi connectivity index (χ2n) is 5.59. The van der Waals surface area contributed by atoms with Crippen LogP contribution in [0.25, 0.3) is 0 Å². The van der Waals surface area contributed by atoms with Gasteiger partial charge < -0.3 is 20.2 Å². The van der Waals surface area contributed by atoms with Gasteiger partial charge in [-0.25, -0.2) is 9.59 Å². The highest BCUT2D eigenvalue weighted by molar-refractivity contribution is 5.82. The summed E-state index contributed by atoms with van der Waals surface area (Å²) >= 11 is 0. The molecule has 0 spiro atoms. The second kappa shape index (κ2) is 8.09. The molecule has 1 saturated heterocycles.